The van der Waals surface area contributed by atoms with Crippen molar-refractivity contribution in [3.63, 3.8) is 0 Å². The predicted octanol–water partition coefficient (Wildman–Crippen LogP) is 1.42. The fourth-order valence-corrected chi connectivity index (χ4v) is 2.54. The molecule has 0 aliphatic carbocycles. The second-order valence-corrected chi connectivity index (χ2v) is 5.07. The standard InChI is InChI=1S/C12H11N5OS/c1-8-7-17-12(15-8)19-10(16-17)6-14-11(18)9-3-2-4-13-5-9/h2-5,7H,6H2,1H3,(H,14,18). The van der Waals surface area contributed by atoms with Crippen molar-refractivity contribution in [2.75, 3.05) is 0 Å². The van der Waals surface area contributed by atoms with Crippen LogP contribution in [0.15, 0.2) is 30.7 Å². The Kier molecular flexibility index (Phi) is 2.96. The third-order valence-corrected chi connectivity index (χ3v) is 3.45. The zero-order chi connectivity index (χ0) is 13.2. The van der Waals surface area contributed by atoms with Crippen molar-refractivity contribution in [3.05, 3.63) is 47.0 Å². The largest absolute Gasteiger partial charge is 0.345 e. The maximum atomic E-state index is 11.8. The Morgan fingerprint density at radius 3 is 3.16 bits per heavy atom. The topological polar surface area (TPSA) is 72.2 Å². The summed E-state index contributed by atoms with van der Waals surface area (Å²) in [5, 5.41) is 7.97. The summed E-state index contributed by atoms with van der Waals surface area (Å²) in [4.78, 5) is 20.9. The smallest absolute Gasteiger partial charge is 0.253 e. The first kappa shape index (κ1) is 11.8. The van der Waals surface area contributed by atoms with Crippen LogP contribution in [0.4, 0.5) is 0 Å². The SMILES string of the molecule is Cc1cn2nc(CNC(=O)c3cccnc3)sc2n1. The van der Waals surface area contributed by atoms with E-state index in [1.54, 1.807) is 22.8 Å². The number of hydrogen-bond donors (Lipinski definition) is 1. The summed E-state index contributed by atoms with van der Waals surface area (Å²) in [5.41, 5.74) is 1.48. The van der Waals surface area contributed by atoms with Crippen molar-refractivity contribution in [1.29, 1.82) is 0 Å². The molecule has 0 radical (unpaired) electrons. The van der Waals surface area contributed by atoms with Crippen LogP contribution in [0.25, 0.3) is 4.96 Å². The third kappa shape index (κ3) is 2.45. The van der Waals surface area contributed by atoms with Gasteiger partial charge in [0.25, 0.3) is 5.91 Å². The number of amides is 1. The normalized spacial score (nSPS) is 10.8. The van der Waals surface area contributed by atoms with Gasteiger partial charge in [-0.15, -0.1) is 0 Å². The molecule has 0 aromatic carbocycles. The summed E-state index contributed by atoms with van der Waals surface area (Å²) in [6.07, 6.45) is 5.03. The Balaban J connectivity index is 1.69. The second-order valence-electron chi connectivity index (χ2n) is 4.03. The van der Waals surface area contributed by atoms with Crippen molar-refractivity contribution >= 4 is 22.2 Å². The lowest BCUT2D eigenvalue weighted by molar-refractivity contribution is 0.0950. The second kappa shape index (κ2) is 4.77. The lowest BCUT2D eigenvalue weighted by atomic mass is 10.3. The average molecular weight is 273 g/mol. The number of pyridine rings is 1. The summed E-state index contributed by atoms with van der Waals surface area (Å²) in [5.74, 6) is -0.155. The first-order valence-corrected chi connectivity index (χ1v) is 6.54. The van der Waals surface area contributed by atoms with Gasteiger partial charge in [0.05, 0.1) is 24.0 Å². The van der Waals surface area contributed by atoms with Gasteiger partial charge in [0.1, 0.15) is 5.01 Å². The van der Waals surface area contributed by atoms with Crippen LogP contribution in [0.5, 0.6) is 0 Å². The van der Waals surface area contributed by atoms with Crippen molar-refractivity contribution in [3.8, 4) is 0 Å². The van der Waals surface area contributed by atoms with Crippen LogP contribution < -0.4 is 5.32 Å². The summed E-state index contributed by atoms with van der Waals surface area (Å²) >= 11 is 1.47. The number of aromatic nitrogens is 4. The van der Waals surface area contributed by atoms with Crippen molar-refractivity contribution in [2.24, 2.45) is 0 Å². The zero-order valence-corrected chi connectivity index (χ0v) is 11.0. The Hall–Kier alpha value is -2.28. The van der Waals surface area contributed by atoms with E-state index in [0.29, 0.717) is 12.1 Å². The van der Waals surface area contributed by atoms with E-state index >= 15 is 0 Å². The molecule has 7 heteroatoms. The molecule has 3 aromatic heterocycles. The Morgan fingerprint density at radius 2 is 2.42 bits per heavy atom. The maximum Gasteiger partial charge on any atom is 0.253 e. The number of nitrogens with zero attached hydrogens (tertiary/aromatic N) is 4. The van der Waals surface area contributed by atoms with Gasteiger partial charge in [0, 0.05) is 12.4 Å². The van der Waals surface area contributed by atoms with Crippen molar-refractivity contribution in [2.45, 2.75) is 13.5 Å². The van der Waals surface area contributed by atoms with Gasteiger partial charge in [-0.25, -0.2) is 9.50 Å². The number of carbonyl (C=O) groups excluding carboxylic acids is 1. The molecule has 19 heavy (non-hydrogen) atoms. The van der Waals surface area contributed by atoms with Crippen molar-refractivity contribution < 1.29 is 4.79 Å². The van der Waals surface area contributed by atoms with E-state index in [9.17, 15) is 4.79 Å². The van der Waals surface area contributed by atoms with Crippen molar-refractivity contribution in [1.82, 2.24) is 24.9 Å². The fraction of sp³-hybridized carbons (Fsp3) is 0.167. The van der Waals surface area contributed by atoms with E-state index < -0.39 is 0 Å². The molecule has 3 rings (SSSR count). The number of imidazole rings is 1. The molecule has 0 atom stereocenters. The minimum Gasteiger partial charge on any atom is -0.345 e. The van der Waals surface area contributed by atoms with Crippen LogP contribution >= 0.6 is 11.3 Å². The summed E-state index contributed by atoms with van der Waals surface area (Å²) < 4.78 is 1.73. The van der Waals surface area contributed by atoms with Gasteiger partial charge in [0.2, 0.25) is 4.96 Å². The Bertz CT molecular complexity index is 687. The monoisotopic (exact) mass is 273 g/mol. The lowest BCUT2D eigenvalue weighted by Crippen LogP contribution is -2.22. The summed E-state index contributed by atoms with van der Waals surface area (Å²) in [6.45, 7) is 2.31. The average Bonchev–Trinajstić information content (AvgIpc) is 2.93. The molecule has 1 amide bonds. The minimum atomic E-state index is -0.155. The molecular weight excluding hydrogens is 262 g/mol. The minimum absolute atomic E-state index is 0.155. The molecule has 0 bridgehead atoms. The van der Waals surface area contributed by atoms with Crippen LogP contribution in [0.2, 0.25) is 0 Å². The quantitative estimate of drug-likeness (QED) is 0.783. The third-order valence-electron chi connectivity index (χ3n) is 2.53. The van der Waals surface area contributed by atoms with E-state index in [1.807, 2.05) is 13.1 Å². The Labute approximate surface area is 113 Å². The fourth-order valence-electron chi connectivity index (χ4n) is 1.68. The van der Waals surface area contributed by atoms with E-state index in [-0.39, 0.29) is 5.91 Å². The molecule has 96 valence electrons. The number of fused-ring (bicyclic) bond motifs is 1. The molecular formula is C12H11N5OS. The maximum absolute atomic E-state index is 11.8. The highest BCUT2D eigenvalue weighted by atomic mass is 32.1. The zero-order valence-electron chi connectivity index (χ0n) is 10.2. The van der Waals surface area contributed by atoms with Gasteiger partial charge >= 0.3 is 0 Å². The van der Waals surface area contributed by atoms with Crippen LogP contribution in [-0.2, 0) is 6.54 Å². The van der Waals surface area contributed by atoms with Crippen LogP contribution in [0, 0.1) is 6.92 Å². The van der Waals surface area contributed by atoms with Crippen LogP contribution in [-0.4, -0.2) is 25.5 Å². The molecule has 3 heterocycles. The molecule has 0 unspecified atom stereocenters. The number of hydrogen-bond acceptors (Lipinski definition) is 5. The molecule has 1 N–H and O–H groups in total. The van der Waals surface area contributed by atoms with Gasteiger partial charge in [-0.2, -0.15) is 5.10 Å². The van der Waals surface area contributed by atoms with E-state index in [4.69, 9.17) is 0 Å². The molecule has 0 spiro atoms. The van der Waals surface area contributed by atoms with E-state index in [1.165, 1.54) is 17.5 Å². The van der Waals surface area contributed by atoms with Gasteiger partial charge < -0.3 is 5.32 Å². The molecule has 0 fully saturated rings. The highest BCUT2D eigenvalue weighted by molar-refractivity contribution is 7.16. The number of nitrogens with one attached hydrogen (secondary N) is 1. The number of carbonyl (C=O) groups is 1. The predicted molar refractivity (Wildman–Crippen MR) is 71.0 cm³/mol. The summed E-state index contributed by atoms with van der Waals surface area (Å²) in [6, 6.07) is 3.45. The molecule has 0 saturated heterocycles. The highest BCUT2D eigenvalue weighted by Crippen LogP contribution is 2.14. The van der Waals surface area contributed by atoms with E-state index in [2.05, 4.69) is 20.4 Å². The van der Waals surface area contributed by atoms with Gasteiger partial charge in [-0.05, 0) is 19.1 Å². The summed E-state index contributed by atoms with van der Waals surface area (Å²) in [7, 11) is 0. The van der Waals surface area contributed by atoms with Gasteiger partial charge in [-0.1, -0.05) is 11.3 Å². The molecule has 0 aliphatic rings. The lowest BCUT2D eigenvalue weighted by Gasteiger charge is -2.01. The molecule has 6 nitrogen and oxygen atoms in total. The van der Waals surface area contributed by atoms with Gasteiger partial charge in [-0.3, -0.25) is 9.78 Å². The number of rotatable bonds is 3. The molecule has 0 aliphatic heterocycles. The molecule has 3 aromatic rings. The first-order valence-electron chi connectivity index (χ1n) is 5.72. The van der Waals surface area contributed by atoms with E-state index in [0.717, 1.165) is 15.7 Å². The number of aryl methyl sites for hydroxylation is 1. The Morgan fingerprint density at radius 1 is 1.53 bits per heavy atom. The van der Waals surface area contributed by atoms with Gasteiger partial charge in [0.15, 0.2) is 0 Å². The van der Waals surface area contributed by atoms with Crippen LogP contribution in [0.1, 0.15) is 21.1 Å². The highest BCUT2D eigenvalue weighted by Gasteiger charge is 2.09. The first-order chi connectivity index (χ1) is 9.22. The molecule has 0 saturated carbocycles. The van der Waals surface area contributed by atoms with Crippen LogP contribution in [0.3, 0.4) is 0 Å².